The smallest absolute Gasteiger partial charge is 0.274 e. The van der Waals surface area contributed by atoms with Crippen LogP contribution in [0.3, 0.4) is 0 Å². The molecule has 0 aliphatic carbocycles. The summed E-state index contributed by atoms with van der Waals surface area (Å²) in [4.78, 5) is 16.6. The molecule has 2 unspecified atom stereocenters. The molecule has 1 aromatic rings. The number of halogens is 1. The monoisotopic (exact) mass is 327 g/mol. The van der Waals surface area contributed by atoms with E-state index in [4.69, 9.17) is 0 Å². The van der Waals surface area contributed by atoms with E-state index in [9.17, 15) is 4.79 Å². The Bertz CT molecular complexity index is 498. The normalized spacial score (nSPS) is 25.3. The van der Waals surface area contributed by atoms with Gasteiger partial charge in [0.25, 0.3) is 5.91 Å². The first-order valence-corrected chi connectivity index (χ1v) is 7.86. The van der Waals surface area contributed by atoms with Crippen molar-refractivity contribution in [3.8, 4) is 0 Å². The van der Waals surface area contributed by atoms with E-state index in [-0.39, 0.29) is 18.3 Å². The number of aromatic nitrogens is 2. The lowest BCUT2D eigenvalue weighted by molar-refractivity contribution is 0.0775. The molecule has 0 bridgehead atoms. The molecule has 0 spiro atoms. The van der Waals surface area contributed by atoms with Crippen molar-refractivity contribution in [2.24, 2.45) is 0 Å². The maximum absolute atomic E-state index is 12.5. The molecule has 0 aromatic carbocycles. The number of likely N-dealkylation sites (N-methyl/N-ethyl adjacent to an activating group) is 1. The fourth-order valence-electron chi connectivity index (χ4n) is 3.22. The topological polar surface area (TPSA) is 53.4 Å². The molecule has 22 heavy (non-hydrogen) atoms. The molecule has 0 saturated carbocycles. The van der Waals surface area contributed by atoms with Gasteiger partial charge < -0.3 is 15.1 Å². The molecule has 3 heterocycles. The lowest BCUT2D eigenvalue weighted by atomic mass is 10.1. The first-order valence-electron chi connectivity index (χ1n) is 7.86. The molecule has 6 nitrogen and oxygen atoms in total. The number of amides is 1. The molecule has 0 radical (unpaired) electrons. The fraction of sp³-hybridized carbons (Fsp3) is 0.733. The lowest BCUT2D eigenvalue weighted by Gasteiger charge is -2.23. The Kier molecular flexibility index (Phi) is 5.83. The summed E-state index contributed by atoms with van der Waals surface area (Å²) in [7, 11) is 4.15. The molecule has 3 rings (SSSR count). The number of piperidine rings is 1. The second-order valence-corrected chi connectivity index (χ2v) is 6.34. The number of carbonyl (C=O) groups excluding carboxylic acids is 1. The zero-order chi connectivity index (χ0) is 14.8. The summed E-state index contributed by atoms with van der Waals surface area (Å²) in [6.07, 6.45) is 5.30. The number of rotatable bonds is 3. The summed E-state index contributed by atoms with van der Waals surface area (Å²) in [5, 5.41) is 7.90. The zero-order valence-corrected chi connectivity index (χ0v) is 14.2. The number of hydrogen-bond donors (Lipinski definition) is 1. The standard InChI is InChI=1S/C15H25N5O.ClH/c1-18(2)13-5-8-19(11-13)15(21)14-6-9-20(17-14)12-4-3-7-16-10-12;/h6,9,12-13,16H,3-5,7-8,10-11H2,1-2H3;1H. The predicted octanol–water partition coefficient (Wildman–Crippen LogP) is 1.01. The molecular formula is C15H26ClN5O. The highest BCUT2D eigenvalue weighted by Gasteiger charge is 2.29. The van der Waals surface area contributed by atoms with Crippen molar-refractivity contribution in [3.63, 3.8) is 0 Å². The summed E-state index contributed by atoms with van der Waals surface area (Å²) in [5.41, 5.74) is 0.583. The second kappa shape index (κ2) is 7.44. The van der Waals surface area contributed by atoms with E-state index in [1.165, 1.54) is 6.42 Å². The molecule has 2 atom stereocenters. The van der Waals surface area contributed by atoms with Crippen molar-refractivity contribution >= 4 is 18.3 Å². The van der Waals surface area contributed by atoms with Gasteiger partial charge in [0.15, 0.2) is 0 Å². The molecule has 2 fully saturated rings. The Hall–Kier alpha value is -1.11. The summed E-state index contributed by atoms with van der Waals surface area (Å²) >= 11 is 0. The first kappa shape index (κ1) is 17.2. The highest BCUT2D eigenvalue weighted by atomic mass is 35.5. The minimum Gasteiger partial charge on any atom is -0.336 e. The van der Waals surface area contributed by atoms with Gasteiger partial charge in [0.1, 0.15) is 5.69 Å². The third-order valence-corrected chi connectivity index (χ3v) is 4.65. The Balaban J connectivity index is 0.00000176. The van der Waals surface area contributed by atoms with Gasteiger partial charge in [-0.3, -0.25) is 9.48 Å². The van der Waals surface area contributed by atoms with Crippen LogP contribution in [-0.2, 0) is 0 Å². The molecule has 2 aliphatic heterocycles. The molecule has 1 aromatic heterocycles. The molecule has 124 valence electrons. The lowest BCUT2D eigenvalue weighted by Crippen LogP contribution is -2.35. The largest absolute Gasteiger partial charge is 0.336 e. The molecule has 2 saturated heterocycles. The highest BCUT2D eigenvalue weighted by molar-refractivity contribution is 5.92. The Morgan fingerprint density at radius 1 is 1.41 bits per heavy atom. The minimum atomic E-state index is 0. The van der Waals surface area contributed by atoms with Crippen LogP contribution >= 0.6 is 12.4 Å². The Labute approximate surface area is 138 Å². The average Bonchev–Trinajstić information content (AvgIpc) is 3.17. The Morgan fingerprint density at radius 2 is 2.23 bits per heavy atom. The van der Waals surface area contributed by atoms with E-state index in [0.717, 1.165) is 39.0 Å². The number of hydrogen-bond acceptors (Lipinski definition) is 4. The van der Waals surface area contributed by atoms with Crippen molar-refractivity contribution in [2.75, 3.05) is 40.3 Å². The third kappa shape index (κ3) is 3.62. The Morgan fingerprint density at radius 3 is 2.86 bits per heavy atom. The van der Waals surface area contributed by atoms with Gasteiger partial charge in [0.05, 0.1) is 6.04 Å². The molecular weight excluding hydrogens is 302 g/mol. The van der Waals surface area contributed by atoms with Gasteiger partial charge in [-0.05, 0) is 46.0 Å². The van der Waals surface area contributed by atoms with Gasteiger partial charge in [-0.2, -0.15) is 5.10 Å². The summed E-state index contributed by atoms with van der Waals surface area (Å²) in [6.45, 7) is 3.67. The van der Waals surface area contributed by atoms with Crippen LogP contribution in [0.1, 0.15) is 35.8 Å². The molecule has 7 heteroatoms. The van der Waals surface area contributed by atoms with Crippen LogP contribution in [0.25, 0.3) is 0 Å². The van der Waals surface area contributed by atoms with Crippen molar-refractivity contribution < 1.29 is 4.79 Å². The van der Waals surface area contributed by atoms with Crippen LogP contribution in [-0.4, -0.2) is 71.8 Å². The van der Waals surface area contributed by atoms with E-state index in [1.54, 1.807) is 0 Å². The fourth-order valence-corrected chi connectivity index (χ4v) is 3.22. The minimum absolute atomic E-state index is 0. The average molecular weight is 328 g/mol. The summed E-state index contributed by atoms with van der Waals surface area (Å²) in [6, 6.07) is 2.71. The summed E-state index contributed by atoms with van der Waals surface area (Å²) in [5.74, 6) is 0.0712. The molecule has 1 amide bonds. The van der Waals surface area contributed by atoms with E-state index in [0.29, 0.717) is 17.8 Å². The zero-order valence-electron chi connectivity index (χ0n) is 13.4. The quantitative estimate of drug-likeness (QED) is 0.900. The van der Waals surface area contributed by atoms with E-state index < -0.39 is 0 Å². The first-order chi connectivity index (χ1) is 10.1. The van der Waals surface area contributed by atoms with Gasteiger partial charge in [0.2, 0.25) is 0 Å². The number of nitrogens with zero attached hydrogens (tertiary/aromatic N) is 4. The van der Waals surface area contributed by atoms with Gasteiger partial charge in [0, 0.05) is 31.9 Å². The van der Waals surface area contributed by atoms with Crippen LogP contribution < -0.4 is 5.32 Å². The third-order valence-electron chi connectivity index (χ3n) is 4.65. The van der Waals surface area contributed by atoms with Gasteiger partial charge >= 0.3 is 0 Å². The number of carbonyl (C=O) groups is 1. The summed E-state index contributed by atoms with van der Waals surface area (Å²) < 4.78 is 1.96. The van der Waals surface area contributed by atoms with Crippen LogP contribution in [0.4, 0.5) is 0 Å². The van der Waals surface area contributed by atoms with Crippen LogP contribution in [0, 0.1) is 0 Å². The van der Waals surface area contributed by atoms with Crippen LogP contribution in [0.2, 0.25) is 0 Å². The van der Waals surface area contributed by atoms with E-state index >= 15 is 0 Å². The molecule has 2 aliphatic rings. The van der Waals surface area contributed by atoms with E-state index in [2.05, 4.69) is 29.4 Å². The van der Waals surface area contributed by atoms with Gasteiger partial charge in [-0.25, -0.2) is 0 Å². The number of likely N-dealkylation sites (tertiary alicyclic amines) is 1. The maximum Gasteiger partial charge on any atom is 0.274 e. The number of nitrogens with one attached hydrogen (secondary N) is 1. The van der Waals surface area contributed by atoms with Crippen molar-refractivity contribution in [1.29, 1.82) is 0 Å². The molecule has 1 N–H and O–H groups in total. The van der Waals surface area contributed by atoms with E-state index in [1.807, 2.05) is 21.8 Å². The van der Waals surface area contributed by atoms with Gasteiger partial charge in [-0.1, -0.05) is 0 Å². The highest BCUT2D eigenvalue weighted by Crippen LogP contribution is 2.18. The van der Waals surface area contributed by atoms with Crippen molar-refractivity contribution in [2.45, 2.75) is 31.3 Å². The van der Waals surface area contributed by atoms with Gasteiger partial charge in [-0.15, -0.1) is 12.4 Å². The SMILES string of the molecule is CN(C)C1CCN(C(=O)c2ccn(C3CCCNC3)n2)C1.Cl. The van der Waals surface area contributed by atoms with Crippen LogP contribution in [0.15, 0.2) is 12.3 Å². The second-order valence-electron chi connectivity index (χ2n) is 6.34. The van der Waals surface area contributed by atoms with Crippen molar-refractivity contribution in [3.05, 3.63) is 18.0 Å². The predicted molar refractivity (Wildman–Crippen MR) is 88.6 cm³/mol. The maximum atomic E-state index is 12.5. The van der Waals surface area contributed by atoms with Crippen LogP contribution in [0.5, 0.6) is 0 Å². The van der Waals surface area contributed by atoms with Crippen molar-refractivity contribution in [1.82, 2.24) is 24.9 Å².